The fourth-order valence-electron chi connectivity index (χ4n) is 2.74. The average Bonchev–Trinajstić information content (AvgIpc) is 2.76. The maximum Gasteiger partial charge on any atom is 0.241 e. The zero-order valence-electron chi connectivity index (χ0n) is 11.6. The van der Waals surface area contributed by atoms with Crippen LogP contribution in [-0.4, -0.2) is 21.0 Å². The van der Waals surface area contributed by atoms with Crippen LogP contribution in [0, 0.1) is 0 Å². The van der Waals surface area contributed by atoms with Gasteiger partial charge in [0.15, 0.2) is 0 Å². The standard InChI is InChI=1S/C14H22N2O2S/c1-14(9-5-6-10-14)16-19(17,18)13-8-4-3-7-12(13)11-15-2/h3-4,7-8,15-16H,5-6,9-11H2,1-2H3. The van der Waals surface area contributed by atoms with Crippen molar-refractivity contribution in [2.24, 2.45) is 0 Å². The molecule has 1 aliphatic carbocycles. The maximum atomic E-state index is 12.6. The van der Waals surface area contributed by atoms with E-state index in [9.17, 15) is 8.42 Å². The SMILES string of the molecule is CNCc1ccccc1S(=O)(=O)NC1(C)CCCC1. The van der Waals surface area contributed by atoms with Crippen molar-refractivity contribution in [3.8, 4) is 0 Å². The Hall–Kier alpha value is -0.910. The minimum absolute atomic E-state index is 0.286. The highest BCUT2D eigenvalue weighted by molar-refractivity contribution is 7.89. The predicted octanol–water partition coefficient (Wildman–Crippen LogP) is 2.02. The molecule has 106 valence electrons. The van der Waals surface area contributed by atoms with E-state index in [1.165, 1.54) is 0 Å². The Balaban J connectivity index is 2.29. The molecule has 0 atom stereocenters. The van der Waals surface area contributed by atoms with Crippen LogP contribution in [0.3, 0.4) is 0 Å². The van der Waals surface area contributed by atoms with Crippen molar-refractivity contribution in [2.75, 3.05) is 7.05 Å². The van der Waals surface area contributed by atoms with Gasteiger partial charge in [0.25, 0.3) is 0 Å². The third kappa shape index (κ3) is 3.35. The van der Waals surface area contributed by atoms with E-state index in [0.717, 1.165) is 31.2 Å². The van der Waals surface area contributed by atoms with Crippen LogP contribution in [0.5, 0.6) is 0 Å². The maximum absolute atomic E-state index is 12.6. The quantitative estimate of drug-likeness (QED) is 0.868. The second-order valence-electron chi connectivity index (χ2n) is 5.51. The van der Waals surface area contributed by atoms with Gasteiger partial charge in [-0.15, -0.1) is 0 Å². The molecule has 19 heavy (non-hydrogen) atoms. The third-order valence-electron chi connectivity index (χ3n) is 3.72. The van der Waals surface area contributed by atoms with Crippen LogP contribution in [-0.2, 0) is 16.6 Å². The van der Waals surface area contributed by atoms with Crippen LogP contribution >= 0.6 is 0 Å². The highest BCUT2D eigenvalue weighted by Crippen LogP contribution is 2.31. The second kappa shape index (κ2) is 5.61. The molecule has 0 heterocycles. The Morgan fingerprint density at radius 2 is 1.84 bits per heavy atom. The first kappa shape index (κ1) is 14.5. The van der Waals surface area contributed by atoms with E-state index in [2.05, 4.69) is 10.0 Å². The van der Waals surface area contributed by atoms with E-state index in [-0.39, 0.29) is 5.54 Å². The molecule has 0 radical (unpaired) electrons. The monoisotopic (exact) mass is 282 g/mol. The lowest BCUT2D eigenvalue weighted by Gasteiger charge is -2.25. The summed E-state index contributed by atoms with van der Waals surface area (Å²) in [5.41, 5.74) is 0.519. The largest absolute Gasteiger partial charge is 0.316 e. The Kier molecular flexibility index (Phi) is 4.28. The van der Waals surface area contributed by atoms with Gasteiger partial charge in [-0.1, -0.05) is 31.0 Å². The summed E-state index contributed by atoms with van der Waals surface area (Å²) in [6.07, 6.45) is 4.02. The molecule has 0 spiro atoms. The number of rotatable bonds is 5. The predicted molar refractivity (Wildman–Crippen MR) is 76.4 cm³/mol. The highest BCUT2D eigenvalue weighted by atomic mass is 32.2. The van der Waals surface area contributed by atoms with Gasteiger partial charge in [-0.05, 0) is 38.4 Å². The number of hydrogen-bond donors (Lipinski definition) is 2. The Morgan fingerprint density at radius 1 is 1.21 bits per heavy atom. The first-order valence-electron chi connectivity index (χ1n) is 6.73. The molecule has 0 aromatic heterocycles. The molecule has 1 aliphatic rings. The van der Waals surface area contributed by atoms with Crippen molar-refractivity contribution in [2.45, 2.75) is 49.6 Å². The summed E-state index contributed by atoms with van der Waals surface area (Å²) >= 11 is 0. The zero-order valence-corrected chi connectivity index (χ0v) is 12.4. The molecule has 1 aromatic rings. The minimum atomic E-state index is -3.44. The van der Waals surface area contributed by atoms with Crippen LogP contribution < -0.4 is 10.0 Å². The van der Waals surface area contributed by atoms with Gasteiger partial charge in [0.1, 0.15) is 0 Å². The Bertz CT molecular complexity index is 534. The summed E-state index contributed by atoms with van der Waals surface area (Å²) in [5.74, 6) is 0. The van der Waals surface area contributed by atoms with Crippen LogP contribution in [0.25, 0.3) is 0 Å². The van der Waals surface area contributed by atoms with Crippen molar-refractivity contribution < 1.29 is 8.42 Å². The molecular formula is C14H22N2O2S. The Morgan fingerprint density at radius 3 is 2.47 bits per heavy atom. The second-order valence-corrected chi connectivity index (χ2v) is 7.16. The van der Waals surface area contributed by atoms with Gasteiger partial charge >= 0.3 is 0 Å². The topological polar surface area (TPSA) is 58.2 Å². The van der Waals surface area contributed by atoms with E-state index < -0.39 is 10.0 Å². The lowest BCUT2D eigenvalue weighted by Crippen LogP contribution is -2.43. The van der Waals surface area contributed by atoms with E-state index in [4.69, 9.17) is 0 Å². The lowest BCUT2D eigenvalue weighted by molar-refractivity contribution is 0.427. The van der Waals surface area contributed by atoms with Crippen molar-refractivity contribution in [3.63, 3.8) is 0 Å². The molecule has 1 aromatic carbocycles. The fourth-order valence-corrected chi connectivity index (χ4v) is 4.45. The molecule has 4 nitrogen and oxygen atoms in total. The van der Waals surface area contributed by atoms with Crippen LogP contribution in [0.2, 0.25) is 0 Å². The lowest BCUT2D eigenvalue weighted by atomic mass is 10.0. The molecule has 2 rings (SSSR count). The molecule has 1 saturated carbocycles. The van der Waals surface area contributed by atoms with E-state index in [1.807, 2.05) is 26.1 Å². The summed E-state index contributed by atoms with van der Waals surface area (Å²) in [6.45, 7) is 2.55. The minimum Gasteiger partial charge on any atom is -0.316 e. The third-order valence-corrected chi connectivity index (χ3v) is 5.46. The molecule has 5 heteroatoms. The van der Waals surface area contributed by atoms with Gasteiger partial charge in [0, 0.05) is 12.1 Å². The van der Waals surface area contributed by atoms with E-state index in [1.54, 1.807) is 12.1 Å². The Labute approximate surface area is 115 Å². The molecule has 0 amide bonds. The van der Waals surface area contributed by atoms with E-state index in [0.29, 0.717) is 11.4 Å². The smallest absolute Gasteiger partial charge is 0.241 e. The summed E-state index contributed by atoms with van der Waals surface area (Å²) < 4.78 is 28.0. The molecule has 2 N–H and O–H groups in total. The summed E-state index contributed by atoms with van der Waals surface area (Å²) in [7, 11) is -1.63. The average molecular weight is 282 g/mol. The van der Waals surface area contributed by atoms with Gasteiger partial charge in [0.05, 0.1) is 4.90 Å². The van der Waals surface area contributed by atoms with Gasteiger partial charge in [-0.25, -0.2) is 13.1 Å². The van der Waals surface area contributed by atoms with Gasteiger partial charge in [-0.3, -0.25) is 0 Å². The number of benzene rings is 1. The summed E-state index contributed by atoms with van der Waals surface area (Å²) in [6, 6.07) is 7.16. The summed E-state index contributed by atoms with van der Waals surface area (Å²) in [4.78, 5) is 0.387. The number of hydrogen-bond acceptors (Lipinski definition) is 3. The van der Waals surface area contributed by atoms with Crippen molar-refractivity contribution >= 4 is 10.0 Å². The molecule has 0 bridgehead atoms. The number of nitrogens with one attached hydrogen (secondary N) is 2. The fraction of sp³-hybridized carbons (Fsp3) is 0.571. The first-order chi connectivity index (χ1) is 8.97. The molecule has 0 aliphatic heterocycles. The number of sulfonamides is 1. The first-order valence-corrected chi connectivity index (χ1v) is 8.22. The van der Waals surface area contributed by atoms with Crippen molar-refractivity contribution in [3.05, 3.63) is 29.8 Å². The molecule has 0 saturated heterocycles. The van der Waals surface area contributed by atoms with E-state index >= 15 is 0 Å². The highest BCUT2D eigenvalue weighted by Gasteiger charge is 2.34. The normalized spacial score (nSPS) is 18.6. The van der Waals surface area contributed by atoms with Crippen LogP contribution in [0.4, 0.5) is 0 Å². The summed E-state index contributed by atoms with van der Waals surface area (Å²) in [5, 5.41) is 3.01. The van der Waals surface area contributed by atoms with Crippen LogP contribution in [0.15, 0.2) is 29.2 Å². The van der Waals surface area contributed by atoms with Gasteiger partial charge in [-0.2, -0.15) is 0 Å². The van der Waals surface area contributed by atoms with Gasteiger partial charge < -0.3 is 5.32 Å². The molecule has 0 unspecified atom stereocenters. The van der Waals surface area contributed by atoms with Crippen LogP contribution in [0.1, 0.15) is 38.2 Å². The van der Waals surface area contributed by atoms with Crippen molar-refractivity contribution in [1.29, 1.82) is 0 Å². The molecular weight excluding hydrogens is 260 g/mol. The zero-order chi connectivity index (χ0) is 13.9. The van der Waals surface area contributed by atoms with Gasteiger partial charge in [0.2, 0.25) is 10.0 Å². The molecule has 1 fully saturated rings. The van der Waals surface area contributed by atoms with Crippen molar-refractivity contribution in [1.82, 2.24) is 10.0 Å².